The van der Waals surface area contributed by atoms with Gasteiger partial charge in [-0.3, -0.25) is 0 Å². The van der Waals surface area contributed by atoms with Gasteiger partial charge in [-0.15, -0.1) is 0 Å². The second-order valence-corrected chi connectivity index (χ2v) is 7.03. The van der Waals surface area contributed by atoms with E-state index in [0.29, 0.717) is 21.3 Å². The van der Waals surface area contributed by atoms with Gasteiger partial charge in [0, 0.05) is 11.5 Å². The van der Waals surface area contributed by atoms with E-state index in [4.69, 9.17) is 23.2 Å². The van der Waals surface area contributed by atoms with Gasteiger partial charge >= 0.3 is 0 Å². The molecule has 0 unspecified atom stereocenters. The third-order valence-corrected chi connectivity index (χ3v) is 5.15. The number of nitrogens with zero attached hydrogens (tertiary/aromatic N) is 1. The molecular formula is C22H15Cl2NO. The fourth-order valence-electron chi connectivity index (χ4n) is 3.24. The molecule has 0 radical (unpaired) electrons. The molecule has 0 aliphatic heterocycles. The van der Waals surface area contributed by atoms with Crippen molar-refractivity contribution in [1.82, 2.24) is 0 Å². The number of halogens is 2. The molecule has 4 heteroatoms. The quantitative estimate of drug-likeness (QED) is 0.291. The average Bonchev–Trinajstić information content (AvgIpc) is 2.63. The third-order valence-electron chi connectivity index (χ3n) is 4.52. The Morgan fingerprint density at radius 2 is 1.42 bits per heavy atom. The maximum atomic E-state index is 12.6. The Morgan fingerprint density at radius 1 is 0.769 bits per heavy atom. The van der Waals surface area contributed by atoms with Crippen LogP contribution in [0.15, 0.2) is 72.9 Å². The first-order valence-corrected chi connectivity index (χ1v) is 8.98. The van der Waals surface area contributed by atoms with Gasteiger partial charge in [-0.05, 0) is 36.2 Å². The summed E-state index contributed by atoms with van der Waals surface area (Å²) in [6.45, 7) is 2.06. The van der Waals surface area contributed by atoms with Crippen LogP contribution in [0.25, 0.3) is 33.2 Å². The van der Waals surface area contributed by atoms with Crippen molar-refractivity contribution in [1.29, 1.82) is 0 Å². The standard InChI is InChI=1S/C22H15Cl2NO/c1-14-8-10-15(11-9-14)16-4-2-5-18-17(16)12-13-25(26)22(18)21-19(23)6-3-7-20(21)24/h2-13H,1H3. The zero-order chi connectivity index (χ0) is 18.3. The smallest absolute Gasteiger partial charge is 0.234 e. The van der Waals surface area contributed by atoms with E-state index < -0.39 is 0 Å². The highest BCUT2D eigenvalue weighted by molar-refractivity contribution is 6.39. The molecule has 0 saturated carbocycles. The molecular weight excluding hydrogens is 365 g/mol. The summed E-state index contributed by atoms with van der Waals surface area (Å²) in [7, 11) is 0. The van der Waals surface area contributed by atoms with Crippen molar-refractivity contribution in [2.45, 2.75) is 6.92 Å². The fraction of sp³-hybridized carbons (Fsp3) is 0.0455. The molecule has 26 heavy (non-hydrogen) atoms. The first-order chi connectivity index (χ1) is 12.6. The number of rotatable bonds is 2. The summed E-state index contributed by atoms with van der Waals surface area (Å²) in [6.07, 6.45) is 1.51. The minimum Gasteiger partial charge on any atom is -0.618 e. The van der Waals surface area contributed by atoms with E-state index in [9.17, 15) is 5.21 Å². The van der Waals surface area contributed by atoms with Gasteiger partial charge in [0.1, 0.15) is 0 Å². The Bertz CT molecular complexity index is 1100. The van der Waals surface area contributed by atoms with Crippen LogP contribution in [0.2, 0.25) is 10.0 Å². The first-order valence-electron chi connectivity index (χ1n) is 8.22. The molecule has 128 valence electrons. The van der Waals surface area contributed by atoms with E-state index in [1.807, 2.05) is 18.2 Å². The van der Waals surface area contributed by atoms with Crippen molar-refractivity contribution in [2.75, 3.05) is 0 Å². The zero-order valence-corrected chi connectivity index (χ0v) is 15.6. The molecule has 4 rings (SSSR count). The first kappa shape index (κ1) is 16.9. The van der Waals surface area contributed by atoms with Crippen LogP contribution in [0, 0.1) is 12.1 Å². The van der Waals surface area contributed by atoms with Crippen LogP contribution in [0.1, 0.15) is 5.56 Å². The lowest BCUT2D eigenvalue weighted by Crippen LogP contribution is -2.28. The Balaban J connectivity index is 2.06. The van der Waals surface area contributed by atoms with Crippen LogP contribution in [-0.2, 0) is 0 Å². The van der Waals surface area contributed by atoms with E-state index in [1.165, 1.54) is 11.8 Å². The van der Waals surface area contributed by atoms with E-state index in [0.717, 1.165) is 26.6 Å². The monoisotopic (exact) mass is 379 g/mol. The summed E-state index contributed by atoms with van der Waals surface area (Å²) in [5, 5.41) is 15.3. The minimum atomic E-state index is 0.454. The molecule has 0 saturated heterocycles. The maximum absolute atomic E-state index is 12.6. The van der Waals surface area contributed by atoms with Gasteiger partial charge in [0.25, 0.3) is 0 Å². The van der Waals surface area contributed by atoms with Crippen LogP contribution in [0.5, 0.6) is 0 Å². The SMILES string of the molecule is Cc1ccc(-c2cccc3c(-c4c(Cl)cccc4Cl)[n+]([O-])ccc23)cc1. The normalized spacial score (nSPS) is 11.0. The number of aromatic nitrogens is 1. The van der Waals surface area contributed by atoms with E-state index in [2.05, 4.69) is 37.3 Å². The molecule has 0 fully saturated rings. The number of pyridine rings is 1. The number of aryl methyl sites for hydroxylation is 1. The zero-order valence-electron chi connectivity index (χ0n) is 14.0. The van der Waals surface area contributed by atoms with E-state index in [-0.39, 0.29) is 0 Å². The second kappa shape index (κ2) is 6.64. The molecule has 0 aliphatic carbocycles. The molecule has 0 N–H and O–H groups in total. The van der Waals surface area contributed by atoms with Crippen LogP contribution in [-0.4, -0.2) is 0 Å². The molecule has 0 bridgehead atoms. The summed E-state index contributed by atoms with van der Waals surface area (Å²) < 4.78 is 0.828. The summed E-state index contributed by atoms with van der Waals surface area (Å²) in [5.41, 5.74) is 4.38. The molecule has 1 aromatic heterocycles. The molecule has 0 aliphatic rings. The van der Waals surface area contributed by atoms with Gasteiger partial charge in [-0.25, -0.2) is 0 Å². The summed E-state index contributed by atoms with van der Waals surface area (Å²) in [4.78, 5) is 0. The lowest BCUT2D eigenvalue weighted by atomic mass is 9.95. The molecule has 0 atom stereocenters. The number of hydrogen-bond acceptors (Lipinski definition) is 1. The van der Waals surface area contributed by atoms with Gasteiger partial charge in [0.2, 0.25) is 5.69 Å². The lowest BCUT2D eigenvalue weighted by molar-refractivity contribution is -0.592. The number of benzene rings is 3. The largest absolute Gasteiger partial charge is 0.618 e. The van der Waals surface area contributed by atoms with Gasteiger partial charge < -0.3 is 5.21 Å². The highest BCUT2D eigenvalue weighted by Crippen LogP contribution is 2.38. The summed E-state index contributed by atoms with van der Waals surface area (Å²) in [5.74, 6) is 0. The Morgan fingerprint density at radius 3 is 2.12 bits per heavy atom. The highest BCUT2D eigenvalue weighted by Gasteiger charge is 2.21. The number of fused-ring (bicyclic) bond motifs is 1. The van der Waals surface area contributed by atoms with Crippen molar-refractivity contribution in [3.63, 3.8) is 0 Å². The summed E-state index contributed by atoms with van der Waals surface area (Å²) >= 11 is 12.7. The molecule has 0 spiro atoms. The minimum absolute atomic E-state index is 0.454. The third kappa shape index (κ3) is 2.82. The van der Waals surface area contributed by atoms with Gasteiger partial charge in [0.05, 0.1) is 21.0 Å². The highest BCUT2D eigenvalue weighted by atomic mass is 35.5. The van der Waals surface area contributed by atoms with Crippen molar-refractivity contribution in [3.05, 3.63) is 93.7 Å². The molecule has 1 heterocycles. The van der Waals surface area contributed by atoms with Crippen LogP contribution >= 0.6 is 23.2 Å². The van der Waals surface area contributed by atoms with E-state index in [1.54, 1.807) is 18.2 Å². The molecule has 4 aromatic rings. The van der Waals surface area contributed by atoms with Crippen LogP contribution in [0.3, 0.4) is 0 Å². The van der Waals surface area contributed by atoms with Crippen molar-refractivity contribution in [2.24, 2.45) is 0 Å². The van der Waals surface area contributed by atoms with Gasteiger partial charge in [-0.2, -0.15) is 4.73 Å². The molecule has 3 aromatic carbocycles. The molecule has 0 amide bonds. The van der Waals surface area contributed by atoms with Crippen LogP contribution in [0.4, 0.5) is 0 Å². The predicted molar refractivity (Wildman–Crippen MR) is 109 cm³/mol. The van der Waals surface area contributed by atoms with Crippen molar-refractivity contribution >= 4 is 34.0 Å². The average molecular weight is 380 g/mol. The predicted octanol–water partition coefficient (Wildman–Crippen LogP) is 6.42. The second-order valence-electron chi connectivity index (χ2n) is 6.22. The van der Waals surface area contributed by atoms with Crippen LogP contribution < -0.4 is 4.73 Å². The topological polar surface area (TPSA) is 26.9 Å². The lowest BCUT2D eigenvalue weighted by Gasteiger charge is -2.13. The van der Waals surface area contributed by atoms with Crippen molar-refractivity contribution in [3.8, 4) is 22.4 Å². The number of hydrogen-bond donors (Lipinski definition) is 0. The Hall–Kier alpha value is -2.55. The summed E-state index contributed by atoms with van der Waals surface area (Å²) in [6, 6.07) is 21.4. The van der Waals surface area contributed by atoms with Gasteiger partial charge in [-0.1, -0.05) is 71.2 Å². The Kier molecular flexibility index (Phi) is 4.31. The van der Waals surface area contributed by atoms with E-state index >= 15 is 0 Å². The van der Waals surface area contributed by atoms with Gasteiger partial charge in [0.15, 0.2) is 6.20 Å². The Labute approximate surface area is 161 Å². The molecule has 2 nitrogen and oxygen atoms in total. The maximum Gasteiger partial charge on any atom is 0.234 e. The fourth-order valence-corrected chi connectivity index (χ4v) is 3.82. The van der Waals surface area contributed by atoms with Crippen molar-refractivity contribution < 1.29 is 4.73 Å².